The molecule has 34 heavy (non-hydrogen) atoms. The zero-order valence-electron chi connectivity index (χ0n) is 19.2. The molecule has 0 saturated heterocycles. The fourth-order valence-corrected chi connectivity index (χ4v) is 3.62. The van der Waals surface area contributed by atoms with E-state index in [0.717, 1.165) is 0 Å². The lowest BCUT2D eigenvalue weighted by atomic mass is 10.1. The molecule has 10 N–H and O–H groups in total. The molecule has 5 amide bonds. The van der Waals surface area contributed by atoms with Gasteiger partial charge in [-0.2, -0.15) is 23.5 Å². The SMILES string of the molecule is CSCCC(N)C(=O)NC(CC(N)=O)C(=O)NC(CCC(N)=O)C(=O)NC(CCSC)C(=O)O. The van der Waals surface area contributed by atoms with Gasteiger partial charge >= 0.3 is 5.97 Å². The first-order valence-corrected chi connectivity index (χ1v) is 13.2. The van der Waals surface area contributed by atoms with E-state index in [4.69, 9.17) is 17.2 Å². The molecular formula is C19H34N6O7S2. The van der Waals surface area contributed by atoms with Crippen LogP contribution in [0.2, 0.25) is 0 Å². The summed E-state index contributed by atoms with van der Waals surface area (Å²) in [7, 11) is 0. The Balaban J connectivity index is 5.51. The van der Waals surface area contributed by atoms with E-state index >= 15 is 0 Å². The summed E-state index contributed by atoms with van der Waals surface area (Å²) in [6, 6.07) is -4.93. The van der Waals surface area contributed by atoms with E-state index in [1.165, 1.54) is 23.5 Å². The number of carboxylic acids is 1. The van der Waals surface area contributed by atoms with Crippen molar-refractivity contribution < 1.29 is 33.9 Å². The number of rotatable bonds is 18. The van der Waals surface area contributed by atoms with E-state index in [0.29, 0.717) is 17.9 Å². The molecule has 0 aromatic carbocycles. The average Bonchev–Trinajstić information content (AvgIpc) is 2.75. The second-order valence-corrected chi connectivity index (χ2v) is 9.34. The predicted molar refractivity (Wildman–Crippen MR) is 130 cm³/mol. The molecule has 0 spiro atoms. The van der Waals surface area contributed by atoms with Gasteiger partial charge < -0.3 is 38.3 Å². The van der Waals surface area contributed by atoms with Gasteiger partial charge in [-0.1, -0.05) is 0 Å². The topological polar surface area (TPSA) is 237 Å². The number of hydrogen-bond donors (Lipinski definition) is 7. The Kier molecular flexibility index (Phi) is 15.7. The quantitative estimate of drug-likeness (QED) is 0.0998. The van der Waals surface area contributed by atoms with Gasteiger partial charge in [0.05, 0.1) is 12.5 Å². The zero-order chi connectivity index (χ0) is 26.3. The molecule has 4 unspecified atom stereocenters. The highest BCUT2D eigenvalue weighted by atomic mass is 32.2. The molecule has 13 nitrogen and oxygen atoms in total. The van der Waals surface area contributed by atoms with Gasteiger partial charge in [-0.3, -0.25) is 24.0 Å². The largest absolute Gasteiger partial charge is 0.480 e. The van der Waals surface area contributed by atoms with Crippen LogP contribution in [0.3, 0.4) is 0 Å². The Hall–Kier alpha value is -2.52. The summed E-state index contributed by atoms with van der Waals surface area (Å²) in [6.07, 6.45) is 2.99. The number of carbonyl (C=O) groups excluding carboxylic acids is 5. The van der Waals surface area contributed by atoms with E-state index in [9.17, 15) is 33.9 Å². The minimum Gasteiger partial charge on any atom is -0.480 e. The van der Waals surface area contributed by atoms with Crippen molar-refractivity contribution in [2.24, 2.45) is 17.2 Å². The molecule has 0 aliphatic rings. The number of primary amides is 2. The normalized spacial score (nSPS) is 14.2. The second kappa shape index (κ2) is 17.0. The van der Waals surface area contributed by atoms with E-state index in [1.807, 2.05) is 6.26 Å². The van der Waals surface area contributed by atoms with Crippen LogP contribution < -0.4 is 33.2 Å². The molecular weight excluding hydrogens is 488 g/mol. The van der Waals surface area contributed by atoms with Crippen LogP contribution in [-0.4, -0.2) is 88.8 Å². The fourth-order valence-electron chi connectivity index (χ4n) is 2.66. The molecule has 0 saturated carbocycles. The maximum atomic E-state index is 12.8. The Morgan fingerprint density at radius 1 is 0.735 bits per heavy atom. The van der Waals surface area contributed by atoms with Crippen molar-refractivity contribution in [1.82, 2.24) is 16.0 Å². The molecule has 15 heteroatoms. The van der Waals surface area contributed by atoms with Crippen LogP contribution in [-0.2, 0) is 28.8 Å². The van der Waals surface area contributed by atoms with Gasteiger partial charge in [0.25, 0.3) is 0 Å². The number of thioether (sulfide) groups is 2. The van der Waals surface area contributed by atoms with Crippen LogP contribution in [0.15, 0.2) is 0 Å². The molecule has 4 atom stereocenters. The maximum Gasteiger partial charge on any atom is 0.326 e. The summed E-state index contributed by atoms with van der Waals surface area (Å²) in [5, 5.41) is 16.3. The van der Waals surface area contributed by atoms with Gasteiger partial charge in [0, 0.05) is 6.42 Å². The number of nitrogens with two attached hydrogens (primary N) is 3. The lowest BCUT2D eigenvalue weighted by Gasteiger charge is -2.24. The predicted octanol–water partition coefficient (Wildman–Crippen LogP) is -2.50. The molecule has 0 fully saturated rings. The minimum absolute atomic E-state index is 0.132. The highest BCUT2D eigenvalue weighted by molar-refractivity contribution is 7.98. The smallest absolute Gasteiger partial charge is 0.326 e. The minimum atomic E-state index is -1.43. The van der Waals surface area contributed by atoms with Crippen molar-refractivity contribution in [1.29, 1.82) is 0 Å². The zero-order valence-corrected chi connectivity index (χ0v) is 20.8. The lowest BCUT2D eigenvalue weighted by Crippen LogP contribution is -2.57. The van der Waals surface area contributed by atoms with Crippen molar-refractivity contribution in [2.75, 3.05) is 24.0 Å². The molecule has 0 bridgehead atoms. The van der Waals surface area contributed by atoms with E-state index in [2.05, 4.69) is 16.0 Å². The van der Waals surface area contributed by atoms with Crippen molar-refractivity contribution in [3.05, 3.63) is 0 Å². The summed E-state index contributed by atoms with van der Waals surface area (Å²) in [6.45, 7) is 0. The third kappa shape index (κ3) is 13.3. The number of carboxylic acid groups (broad SMARTS) is 1. The second-order valence-electron chi connectivity index (χ2n) is 7.37. The standard InChI is InChI=1S/C19H34N6O7S2/c1-33-7-5-10(20)16(28)25-13(9-15(22)27)18(30)23-11(3-4-14(21)26)17(29)24-12(19(31)32)6-8-34-2/h10-13H,3-9,20H2,1-2H3,(H2,21,26)(H2,22,27)(H,23,30)(H,24,29)(H,25,28)(H,31,32). The van der Waals surface area contributed by atoms with Crippen LogP contribution in [0.5, 0.6) is 0 Å². The fraction of sp³-hybridized carbons (Fsp3) is 0.684. The van der Waals surface area contributed by atoms with Gasteiger partial charge in [-0.15, -0.1) is 0 Å². The third-order valence-corrected chi connectivity index (χ3v) is 5.83. The van der Waals surface area contributed by atoms with Gasteiger partial charge in [-0.25, -0.2) is 4.79 Å². The first-order valence-electron chi connectivity index (χ1n) is 10.4. The van der Waals surface area contributed by atoms with E-state index in [-0.39, 0.29) is 19.3 Å². The van der Waals surface area contributed by atoms with Gasteiger partial charge in [-0.05, 0) is 43.3 Å². The summed E-state index contributed by atoms with van der Waals surface area (Å²) >= 11 is 2.86. The monoisotopic (exact) mass is 522 g/mol. The van der Waals surface area contributed by atoms with Crippen LogP contribution in [0, 0.1) is 0 Å². The van der Waals surface area contributed by atoms with Crippen molar-refractivity contribution in [2.45, 2.75) is 56.3 Å². The van der Waals surface area contributed by atoms with Crippen LogP contribution in [0.4, 0.5) is 0 Å². The van der Waals surface area contributed by atoms with Crippen molar-refractivity contribution in [3.8, 4) is 0 Å². The third-order valence-electron chi connectivity index (χ3n) is 4.55. The molecule has 0 aromatic rings. The highest BCUT2D eigenvalue weighted by Gasteiger charge is 2.31. The Labute approximate surface area is 206 Å². The van der Waals surface area contributed by atoms with Gasteiger partial charge in [0.1, 0.15) is 18.1 Å². The number of nitrogens with one attached hydrogen (secondary N) is 3. The molecule has 0 heterocycles. The molecule has 0 aliphatic carbocycles. The van der Waals surface area contributed by atoms with E-state index in [1.54, 1.807) is 6.26 Å². The number of aliphatic carboxylic acids is 1. The number of amides is 5. The van der Waals surface area contributed by atoms with Crippen LogP contribution >= 0.6 is 23.5 Å². The lowest BCUT2D eigenvalue weighted by molar-refractivity contribution is -0.142. The van der Waals surface area contributed by atoms with E-state index < -0.39 is 66.1 Å². The summed E-state index contributed by atoms with van der Waals surface area (Å²) < 4.78 is 0. The molecule has 0 aliphatic heterocycles. The Morgan fingerprint density at radius 2 is 1.24 bits per heavy atom. The average molecular weight is 523 g/mol. The molecule has 194 valence electrons. The van der Waals surface area contributed by atoms with Crippen LogP contribution in [0.25, 0.3) is 0 Å². The first-order chi connectivity index (χ1) is 15.9. The Bertz CT molecular complexity index is 740. The number of carbonyl (C=O) groups is 6. The van der Waals surface area contributed by atoms with Gasteiger partial charge in [0.2, 0.25) is 29.5 Å². The highest BCUT2D eigenvalue weighted by Crippen LogP contribution is 2.06. The Morgan fingerprint density at radius 3 is 1.74 bits per heavy atom. The summed E-state index contributed by atoms with van der Waals surface area (Å²) in [5.41, 5.74) is 16.1. The molecule has 0 radical (unpaired) electrons. The van der Waals surface area contributed by atoms with Gasteiger partial charge in [0.15, 0.2) is 0 Å². The first kappa shape index (κ1) is 31.5. The van der Waals surface area contributed by atoms with Crippen molar-refractivity contribution in [3.63, 3.8) is 0 Å². The summed E-state index contributed by atoms with van der Waals surface area (Å²) in [5.74, 6) is -4.31. The maximum absolute atomic E-state index is 12.8. The molecule has 0 aromatic heterocycles. The van der Waals surface area contributed by atoms with Crippen molar-refractivity contribution >= 4 is 59.0 Å². The summed E-state index contributed by atoms with van der Waals surface area (Å²) in [4.78, 5) is 71.9. The number of hydrogen-bond acceptors (Lipinski definition) is 9. The van der Waals surface area contributed by atoms with Crippen LogP contribution in [0.1, 0.15) is 32.1 Å². The molecule has 0 rings (SSSR count).